The van der Waals surface area contributed by atoms with E-state index in [0.717, 1.165) is 5.56 Å². The van der Waals surface area contributed by atoms with Crippen LogP contribution >= 0.6 is 0 Å². The van der Waals surface area contributed by atoms with Gasteiger partial charge in [0.2, 0.25) is 5.91 Å². The Morgan fingerprint density at radius 3 is 2.77 bits per heavy atom. The van der Waals surface area contributed by atoms with Crippen molar-refractivity contribution in [2.45, 2.75) is 5.92 Å². The Morgan fingerprint density at radius 1 is 1.32 bits per heavy atom. The molecule has 1 heterocycles. The lowest BCUT2D eigenvalue weighted by atomic mass is 9.90. The monoisotopic (exact) mass is 299 g/mol. The highest BCUT2D eigenvalue weighted by Crippen LogP contribution is 2.41. The fourth-order valence-corrected chi connectivity index (χ4v) is 2.67. The van der Waals surface area contributed by atoms with Gasteiger partial charge in [0.1, 0.15) is 5.75 Å². The third-order valence-corrected chi connectivity index (χ3v) is 3.73. The number of nitrogens with two attached hydrogens (primary N) is 1. The first kappa shape index (κ1) is 10.8. The van der Waals surface area contributed by atoms with Crippen LogP contribution in [0.5, 0.6) is 5.75 Å². The Bertz CT molecular complexity index is 835. The maximum absolute atomic E-state index is 12.3. The van der Waals surface area contributed by atoms with Gasteiger partial charge in [0.15, 0.2) is 0 Å². The largest absolute Gasteiger partial charge is 0.491 e. The molecule has 0 fully saturated rings. The smallest absolute Gasteiger partial charge is 0.254 e. The quantitative estimate of drug-likeness (QED) is 0.904. The van der Waals surface area contributed by atoms with E-state index in [2.05, 4.69) is 0 Å². The van der Waals surface area contributed by atoms with Crippen LogP contribution in [0.1, 0.15) is 41.9 Å². The Labute approximate surface area is 132 Å². The van der Waals surface area contributed by atoms with Gasteiger partial charge >= 0.3 is 0 Å². The molecule has 0 saturated carbocycles. The average Bonchev–Trinajstić information content (AvgIpc) is 2.96. The number of hydrogen-bond acceptors (Lipinski definition) is 3. The third-order valence-electron chi connectivity index (χ3n) is 3.73. The minimum absolute atomic E-state index is 0.0131. The van der Waals surface area contributed by atoms with Crippen molar-refractivity contribution in [2.24, 2.45) is 5.73 Å². The second-order valence-electron chi connectivity index (χ2n) is 5.03. The highest BCUT2D eigenvalue weighted by Gasteiger charge is 2.31. The number of primary amides is 1. The molecule has 2 aromatic carbocycles. The van der Waals surface area contributed by atoms with Crippen molar-refractivity contribution in [3.8, 4) is 5.75 Å². The predicted octanol–water partition coefficient (Wildman–Crippen LogP) is 1.67. The number of carbonyl (C=O) groups is 2. The summed E-state index contributed by atoms with van der Waals surface area (Å²) in [5.41, 5.74) is 7.08. The van der Waals surface area contributed by atoms with Crippen molar-refractivity contribution >= 4 is 11.8 Å². The summed E-state index contributed by atoms with van der Waals surface area (Å²) in [6.45, 7) is -2.36. The van der Waals surface area contributed by atoms with E-state index in [0.29, 0.717) is 5.56 Å². The normalized spacial score (nSPS) is 18.4. The molecular weight excluding hydrogens is 280 g/mol. The summed E-state index contributed by atoms with van der Waals surface area (Å²) in [4.78, 5) is 24.0. The number of benzene rings is 2. The zero-order valence-electron chi connectivity index (χ0n) is 14.6. The molecule has 112 valence electrons. The molecular formula is C17H16N2O3. The number of fused-ring (bicyclic) bond motifs is 1. The van der Waals surface area contributed by atoms with Gasteiger partial charge in [0, 0.05) is 28.1 Å². The summed E-state index contributed by atoms with van der Waals surface area (Å²) in [6.07, 6.45) is 0. The van der Waals surface area contributed by atoms with Gasteiger partial charge in [-0.3, -0.25) is 9.59 Å². The van der Waals surface area contributed by atoms with Crippen LogP contribution in [0.15, 0.2) is 42.5 Å². The average molecular weight is 299 g/mol. The topological polar surface area (TPSA) is 81.4 Å². The molecule has 2 amide bonds. The number of ether oxygens (including phenoxy) is 1. The van der Waals surface area contributed by atoms with E-state index in [1.54, 1.807) is 6.07 Å². The Kier molecular flexibility index (Phi) is 2.72. The van der Waals surface area contributed by atoms with E-state index in [1.165, 1.54) is 6.07 Å². The zero-order chi connectivity index (χ0) is 18.2. The van der Waals surface area contributed by atoms with Crippen molar-refractivity contribution in [1.29, 1.82) is 0 Å². The van der Waals surface area contributed by atoms with Gasteiger partial charge in [0.25, 0.3) is 5.91 Å². The van der Waals surface area contributed by atoms with Gasteiger partial charge in [-0.2, -0.15) is 0 Å². The van der Waals surface area contributed by atoms with Crippen molar-refractivity contribution in [2.75, 3.05) is 13.6 Å². The SMILES string of the molecule is [2H]C([2H])([2H])NC(=O)c1cc(C(N)=O)cc2c1OCC2c1ccccc1. The number of hydrogen-bond donors (Lipinski definition) is 2. The first-order valence-corrected chi connectivity index (χ1v) is 6.74. The van der Waals surface area contributed by atoms with Gasteiger partial charge in [-0.25, -0.2) is 0 Å². The molecule has 5 nitrogen and oxygen atoms in total. The Hall–Kier alpha value is -2.82. The maximum atomic E-state index is 12.3. The van der Waals surface area contributed by atoms with Crippen LogP contribution in [-0.2, 0) is 0 Å². The summed E-state index contributed by atoms with van der Waals surface area (Å²) in [5, 5.41) is 1.91. The molecule has 1 aliphatic heterocycles. The fourth-order valence-electron chi connectivity index (χ4n) is 2.67. The van der Waals surface area contributed by atoms with Crippen LogP contribution < -0.4 is 15.8 Å². The minimum Gasteiger partial charge on any atom is -0.491 e. The van der Waals surface area contributed by atoms with Crippen molar-refractivity contribution < 1.29 is 18.4 Å². The molecule has 0 aliphatic carbocycles. The van der Waals surface area contributed by atoms with Gasteiger partial charge in [0.05, 0.1) is 12.2 Å². The zero-order valence-corrected chi connectivity index (χ0v) is 11.6. The van der Waals surface area contributed by atoms with Crippen LogP contribution in [0.4, 0.5) is 0 Å². The molecule has 2 aromatic rings. The van der Waals surface area contributed by atoms with E-state index in [-0.39, 0.29) is 29.4 Å². The molecule has 5 heteroatoms. The van der Waals surface area contributed by atoms with E-state index in [1.807, 2.05) is 35.6 Å². The van der Waals surface area contributed by atoms with E-state index >= 15 is 0 Å². The summed E-state index contributed by atoms with van der Waals surface area (Å²) in [5.74, 6) is -1.44. The van der Waals surface area contributed by atoms with E-state index in [4.69, 9.17) is 14.6 Å². The summed E-state index contributed by atoms with van der Waals surface area (Å²) < 4.78 is 27.2. The predicted molar refractivity (Wildman–Crippen MR) is 82.1 cm³/mol. The molecule has 1 atom stereocenters. The van der Waals surface area contributed by atoms with E-state index in [9.17, 15) is 9.59 Å². The lowest BCUT2D eigenvalue weighted by molar-refractivity contribution is 0.0960. The molecule has 1 unspecified atom stereocenters. The molecule has 0 saturated heterocycles. The highest BCUT2D eigenvalue weighted by molar-refractivity contribution is 6.02. The standard InChI is InChI=1S/C17H16N2O3/c1-19-17(21)13-8-11(16(18)20)7-12-14(9-22-15(12)13)10-5-3-2-4-6-10/h2-8,14H,9H2,1H3,(H2,18,20)(H,19,21)/i1D3. The molecule has 3 N–H and O–H groups in total. The Morgan fingerprint density at radius 2 is 2.09 bits per heavy atom. The summed E-state index contributed by atoms with van der Waals surface area (Å²) >= 11 is 0. The Balaban J connectivity index is 2.10. The number of amides is 2. The third kappa shape index (κ3) is 2.30. The van der Waals surface area contributed by atoms with Crippen LogP contribution in [0, 0.1) is 0 Å². The highest BCUT2D eigenvalue weighted by atomic mass is 16.5. The fraction of sp³-hybridized carbons (Fsp3) is 0.176. The van der Waals surface area contributed by atoms with Gasteiger partial charge in [-0.15, -0.1) is 0 Å². The minimum atomic E-state index is -2.65. The maximum Gasteiger partial charge on any atom is 0.254 e. The second kappa shape index (κ2) is 5.52. The van der Waals surface area contributed by atoms with Crippen molar-refractivity contribution in [3.05, 3.63) is 64.7 Å². The molecule has 22 heavy (non-hydrogen) atoms. The van der Waals surface area contributed by atoms with Gasteiger partial charge in [-0.1, -0.05) is 30.3 Å². The molecule has 1 aliphatic rings. The van der Waals surface area contributed by atoms with Crippen LogP contribution in [0.3, 0.4) is 0 Å². The summed E-state index contributed by atoms with van der Waals surface area (Å²) in [6, 6.07) is 12.3. The summed E-state index contributed by atoms with van der Waals surface area (Å²) in [7, 11) is 0. The molecule has 3 rings (SSSR count). The second-order valence-corrected chi connectivity index (χ2v) is 5.03. The van der Waals surface area contributed by atoms with Gasteiger partial charge < -0.3 is 15.8 Å². The van der Waals surface area contributed by atoms with Crippen LogP contribution in [0.2, 0.25) is 0 Å². The molecule has 0 bridgehead atoms. The van der Waals surface area contributed by atoms with E-state index < -0.39 is 18.8 Å². The first-order chi connectivity index (χ1) is 11.8. The van der Waals surface area contributed by atoms with Crippen molar-refractivity contribution in [1.82, 2.24) is 5.32 Å². The number of carbonyl (C=O) groups excluding carboxylic acids is 2. The lowest BCUT2D eigenvalue weighted by Gasteiger charge is -2.11. The molecule has 0 radical (unpaired) electrons. The number of rotatable bonds is 3. The first-order valence-electron chi connectivity index (χ1n) is 8.24. The van der Waals surface area contributed by atoms with Crippen molar-refractivity contribution in [3.63, 3.8) is 0 Å². The van der Waals surface area contributed by atoms with Crippen LogP contribution in [0.25, 0.3) is 0 Å². The molecule has 0 spiro atoms. The molecule has 0 aromatic heterocycles. The van der Waals surface area contributed by atoms with Gasteiger partial charge in [-0.05, 0) is 17.7 Å². The van der Waals surface area contributed by atoms with Crippen LogP contribution in [-0.4, -0.2) is 25.4 Å². The number of nitrogens with one attached hydrogen (secondary N) is 1. The lowest BCUT2D eigenvalue weighted by Crippen LogP contribution is -2.20.